The first-order chi connectivity index (χ1) is 7.80. The van der Waals surface area contributed by atoms with Crippen molar-refractivity contribution in [1.29, 1.82) is 0 Å². The zero-order valence-corrected chi connectivity index (χ0v) is 13.1. The molecule has 0 radical (unpaired) electrons. The summed E-state index contributed by atoms with van der Waals surface area (Å²) in [5, 5.41) is 3.19. The number of hydrogen-bond donors (Lipinski definition) is 1. The molecule has 3 unspecified atom stereocenters. The predicted octanol–water partition coefficient (Wildman–Crippen LogP) is 3.88. The summed E-state index contributed by atoms with van der Waals surface area (Å²) in [6.07, 6.45) is 5.45. The van der Waals surface area contributed by atoms with Crippen LogP contribution in [0.2, 0.25) is 0 Å². The first kappa shape index (κ1) is 15.0. The average Bonchev–Trinajstić information content (AvgIpc) is 2.20. The monoisotopic (exact) mass is 303 g/mol. The molecule has 0 aromatic heterocycles. The Hall–Kier alpha value is -0.0500. The maximum absolute atomic E-state index is 12.0. The van der Waals surface area contributed by atoms with Crippen LogP contribution in [0.15, 0.2) is 0 Å². The van der Waals surface area contributed by atoms with Crippen molar-refractivity contribution in [3.63, 3.8) is 0 Å². The molecule has 1 aliphatic rings. The summed E-state index contributed by atoms with van der Waals surface area (Å²) in [5.74, 6) is 0.628. The fraction of sp³-hybridized carbons (Fsp3) is 0.929. The molecule has 0 bridgehead atoms. The summed E-state index contributed by atoms with van der Waals surface area (Å²) < 4.78 is 0. The van der Waals surface area contributed by atoms with Gasteiger partial charge in [-0.1, -0.05) is 56.5 Å². The van der Waals surface area contributed by atoms with Gasteiger partial charge >= 0.3 is 0 Å². The number of hydrogen-bond acceptors (Lipinski definition) is 1. The van der Waals surface area contributed by atoms with E-state index in [0.29, 0.717) is 23.2 Å². The maximum atomic E-state index is 12.0. The molecule has 3 heteroatoms. The van der Waals surface area contributed by atoms with Gasteiger partial charge in [0.05, 0.1) is 0 Å². The molecule has 0 heterocycles. The molecule has 1 rings (SSSR count). The Morgan fingerprint density at radius 3 is 2.47 bits per heavy atom. The van der Waals surface area contributed by atoms with Crippen LogP contribution in [0.3, 0.4) is 0 Å². The Kier molecular flexibility index (Phi) is 5.49. The van der Waals surface area contributed by atoms with Crippen molar-refractivity contribution < 1.29 is 4.79 Å². The second-order valence-corrected chi connectivity index (χ2v) is 7.62. The highest BCUT2D eigenvalue weighted by Crippen LogP contribution is 2.29. The first-order valence-electron chi connectivity index (χ1n) is 6.74. The molecule has 0 aliphatic heterocycles. The van der Waals surface area contributed by atoms with Crippen LogP contribution in [-0.4, -0.2) is 16.8 Å². The molecule has 2 nitrogen and oxygen atoms in total. The minimum atomic E-state index is 0.206. The van der Waals surface area contributed by atoms with Gasteiger partial charge in [-0.05, 0) is 24.2 Å². The van der Waals surface area contributed by atoms with Crippen LogP contribution < -0.4 is 5.32 Å². The molecule has 1 fully saturated rings. The Bertz CT molecular complexity index is 259. The summed E-state index contributed by atoms with van der Waals surface area (Å²) >= 11 is 3.67. The quantitative estimate of drug-likeness (QED) is 0.788. The molecule has 0 saturated heterocycles. The molecule has 17 heavy (non-hydrogen) atoms. The van der Waals surface area contributed by atoms with Crippen LogP contribution in [-0.2, 0) is 4.79 Å². The lowest BCUT2D eigenvalue weighted by molar-refractivity contribution is -0.123. The third-order valence-electron chi connectivity index (χ3n) is 4.00. The molecular formula is C14H26BrNO. The summed E-state index contributed by atoms with van der Waals surface area (Å²) in [4.78, 5) is 12.4. The molecule has 100 valence electrons. The molecule has 0 spiro atoms. The fourth-order valence-electron chi connectivity index (χ4n) is 2.10. The van der Waals surface area contributed by atoms with Crippen molar-refractivity contribution in [1.82, 2.24) is 5.32 Å². The first-order valence-corrected chi connectivity index (χ1v) is 7.65. The van der Waals surface area contributed by atoms with Crippen LogP contribution in [0.1, 0.15) is 59.8 Å². The Balaban J connectivity index is 2.38. The molecular weight excluding hydrogens is 278 g/mol. The SMILES string of the molecule is CC(CC(=O)NC1CCCCC1Br)C(C)(C)C. The molecule has 1 aliphatic carbocycles. The van der Waals surface area contributed by atoms with Gasteiger partial charge in [0, 0.05) is 17.3 Å². The zero-order chi connectivity index (χ0) is 13.1. The van der Waals surface area contributed by atoms with E-state index in [2.05, 4.69) is 48.9 Å². The van der Waals surface area contributed by atoms with E-state index >= 15 is 0 Å². The molecule has 0 aromatic rings. The third kappa shape index (κ3) is 4.99. The summed E-state index contributed by atoms with van der Waals surface area (Å²) in [6.45, 7) is 8.74. The molecule has 1 saturated carbocycles. The van der Waals surface area contributed by atoms with E-state index in [1.54, 1.807) is 0 Å². The molecule has 1 amide bonds. The standard InChI is InChI=1S/C14H26BrNO/c1-10(14(2,3)4)9-13(17)16-12-8-6-5-7-11(12)15/h10-12H,5-9H2,1-4H3,(H,16,17). The Labute approximate surface area is 114 Å². The summed E-state index contributed by atoms with van der Waals surface area (Å²) in [6, 6.07) is 0.336. The number of alkyl halides is 1. The predicted molar refractivity (Wildman–Crippen MR) is 76.3 cm³/mol. The van der Waals surface area contributed by atoms with Crippen molar-refractivity contribution >= 4 is 21.8 Å². The van der Waals surface area contributed by atoms with Gasteiger partial charge in [0.1, 0.15) is 0 Å². The summed E-state index contributed by atoms with van der Waals surface area (Å²) in [5.41, 5.74) is 0.206. The molecule has 1 N–H and O–H groups in total. The van der Waals surface area contributed by atoms with Gasteiger partial charge in [-0.25, -0.2) is 0 Å². The lowest BCUT2D eigenvalue weighted by atomic mass is 9.80. The minimum Gasteiger partial charge on any atom is -0.352 e. The van der Waals surface area contributed by atoms with Gasteiger partial charge < -0.3 is 5.32 Å². The second-order valence-electron chi connectivity index (χ2n) is 6.45. The van der Waals surface area contributed by atoms with Crippen molar-refractivity contribution in [3.05, 3.63) is 0 Å². The van der Waals surface area contributed by atoms with Gasteiger partial charge in [-0.15, -0.1) is 0 Å². The molecule has 0 aromatic carbocycles. The highest BCUT2D eigenvalue weighted by molar-refractivity contribution is 9.09. The number of rotatable bonds is 3. The topological polar surface area (TPSA) is 29.1 Å². The Morgan fingerprint density at radius 2 is 1.94 bits per heavy atom. The van der Waals surface area contributed by atoms with Crippen LogP contribution >= 0.6 is 15.9 Å². The number of carbonyl (C=O) groups is 1. The largest absolute Gasteiger partial charge is 0.352 e. The number of carbonyl (C=O) groups excluding carboxylic acids is 1. The van der Waals surface area contributed by atoms with Crippen molar-refractivity contribution in [3.8, 4) is 0 Å². The van der Waals surface area contributed by atoms with Gasteiger partial charge in [-0.3, -0.25) is 4.79 Å². The van der Waals surface area contributed by atoms with Gasteiger partial charge in [0.15, 0.2) is 0 Å². The maximum Gasteiger partial charge on any atom is 0.220 e. The number of nitrogens with one attached hydrogen (secondary N) is 1. The zero-order valence-electron chi connectivity index (χ0n) is 11.6. The third-order valence-corrected chi connectivity index (χ3v) is 5.09. The van der Waals surface area contributed by atoms with E-state index in [4.69, 9.17) is 0 Å². The second kappa shape index (κ2) is 6.21. The highest BCUT2D eigenvalue weighted by atomic mass is 79.9. The van der Waals surface area contributed by atoms with E-state index in [1.165, 1.54) is 19.3 Å². The van der Waals surface area contributed by atoms with E-state index in [1.807, 2.05) is 0 Å². The van der Waals surface area contributed by atoms with E-state index in [-0.39, 0.29) is 11.3 Å². The number of amides is 1. The van der Waals surface area contributed by atoms with Gasteiger partial charge in [-0.2, -0.15) is 0 Å². The lowest BCUT2D eigenvalue weighted by Crippen LogP contribution is -2.43. The van der Waals surface area contributed by atoms with Crippen molar-refractivity contribution in [2.24, 2.45) is 11.3 Å². The van der Waals surface area contributed by atoms with Crippen molar-refractivity contribution in [2.45, 2.75) is 70.7 Å². The fourth-order valence-corrected chi connectivity index (χ4v) is 2.82. The number of halogens is 1. The molecule has 3 atom stereocenters. The van der Waals surface area contributed by atoms with Crippen LogP contribution in [0.5, 0.6) is 0 Å². The lowest BCUT2D eigenvalue weighted by Gasteiger charge is -2.30. The van der Waals surface area contributed by atoms with Crippen LogP contribution in [0.4, 0.5) is 0 Å². The van der Waals surface area contributed by atoms with Gasteiger partial charge in [0.2, 0.25) is 5.91 Å². The minimum absolute atomic E-state index is 0.206. The van der Waals surface area contributed by atoms with E-state index < -0.39 is 0 Å². The van der Waals surface area contributed by atoms with Crippen molar-refractivity contribution in [2.75, 3.05) is 0 Å². The summed E-state index contributed by atoms with van der Waals surface area (Å²) in [7, 11) is 0. The highest BCUT2D eigenvalue weighted by Gasteiger charge is 2.27. The van der Waals surface area contributed by atoms with Crippen LogP contribution in [0.25, 0.3) is 0 Å². The smallest absolute Gasteiger partial charge is 0.220 e. The normalized spacial score (nSPS) is 27.6. The van der Waals surface area contributed by atoms with E-state index in [9.17, 15) is 4.79 Å². The van der Waals surface area contributed by atoms with Gasteiger partial charge in [0.25, 0.3) is 0 Å². The Morgan fingerprint density at radius 1 is 1.35 bits per heavy atom. The van der Waals surface area contributed by atoms with Crippen LogP contribution in [0, 0.1) is 11.3 Å². The van der Waals surface area contributed by atoms with E-state index in [0.717, 1.165) is 6.42 Å². The average molecular weight is 304 g/mol.